The van der Waals surface area contributed by atoms with Gasteiger partial charge in [-0.25, -0.2) is 0 Å². The van der Waals surface area contributed by atoms with E-state index in [9.17, 15) is 9.59 Å². The van der Waals surface area contributed by atoms with Gasteiger partial charge in [0.25, 0.3) is 0 Å². The lowest BCUT2D eigenvalue weighted by atomic mass is 9.74. The quantitative estimate of drug-likeness (QED) is 0.837. The average Bonchev–Trinajstić information content (AvgIpc) is 2.61. The molecule has 2 amide bonds. The molecular formula is C21H22N2O3. The standard InChI is InChI=1S/C21H22N2O3/c1-13(14-8-4-3-5-9-14)22-19(24)18-16-12-21(2,23-20(18)25)26-17-11-7-6-10-15(16)17/h3-11,13,16,18H,12H2,1-2H3,(H,22,24)(H,23,25). The first kappa shape index (κ1) is 16.6. The van der Waals surface area contributed by atoms with Crippen LogP contribution in [0.25, 0.3) is 0 Å². The van der Waals surface area contributed by atoms with Gasteiger partial charge in [0.1, 0.15) is 11.7 Å². The third kappa shape index (κ3) is 2.83. The summed E-state index contributed by atoms with van der Waals surface area (Å²) in [6, 6.07) is 17.2. The number of benzene rings is 2. The van der Waals surface area contributed by atoms with Crippen LogP contribution in [0.3, 0.4) is 0 Å². The van der Waals surface area contributed by atoms with Crippen molar-refractivity contribution in [1.82, 2.24) is 10.6 Å². The molecule has 1 fully saturated rings. The van der Waals surface area contributed by atoms with Crippen molar-refractivity contribution >= 4 is 11.8 Å². The Morgan fingerprint density at radius 2 is 1.88 bits per heavy atom. The second-order valence-corrected chi connectivity index (χ2v) is 7.29. The van der Waals surface area contributed by atoms with Crippen molar-refractivity contribution in [2.24, 2.45) is 5.92 Å². The van der Waals surface area contributed by atoms with Crippen LogP contribution >= 0.6 is 0 Å². The number of hydrogen-bond acceptors (Lipinski definition) is 3. The summed E-state index contributed by atoms with van der Waals surface area (Å²) in [7, 11) is 0. The van der Waals surface area contributed by atoms with Gasteiger partial charge in [0.15, 0.2) is 5.72 Å². The number of para-hydroxylation sites is 1. The van der Waals surface area contributed by atoms with Gasteiger partial charge in [0.2, 0.25) is 11.8 Å². The molecule has 0 saturated carbocycles. The third-order valence-corrected chi connectivity index (χ3v) is 5.28. The van der Waals surface area contributed by atoms with E-state index in [-0.39, 0.29) is 23.8 Å². The normalized spacial score (nSPS) is 27.5. The van der Waals surface area contributed by atoms with Crippen molar-refractivity contribution in [2.45, 2.75) is 38.0 Å². The average molecular weight is 350 g/mol. The molecule has 5 heteroatoms. The van der Waals surface area contributed by atoms with Gasteiger partial charge in [-0.05, 0) is 31.0 Å². The summed E-state index contributed by atoms with van der Waals surface area (Å²) < 4.78 is 5.98. The maximum Gasteiger partial charge on any atom is 0.236 e. The minimum Gasteiger partial charge on any atom is -0.468 e. The first-order valence-corrected chi connectivity index (χ1v) is 8.92. The Balaban J connectivity index is 1.62. The van der Waals surface area contributed by atoms with Gasteiger partial charge in [-0.2, -0.15) is 0 Å². The lowest BCUT2D eigenvalue weighted by Crippen LogP contribution is -2.63. The maximum atomic E-state index is 13.0. The first-order chi connectivity index (χ1) is 12.5. The monoisotopic (exact) mass is 350 g/mol. The largest absolute Gasteiger partial charge is 0.468 e. The minimum absolute atomic E-state index is 0.167. The summed E-state index contributed by atoms with van der Waals surface area (Å²) in [5, 5.41) is 5.89. The molecule has 0 spiro atoms. The van der Waals surface area contributed by atoms with E-state index >= 15 is 0 Å². The highest BCUT2D eigenvalue weighted by atomic mass is 16.5. The van der Waals surface area contributed by atoms with Crippen molar-refractivity contribution in [3.05, 3.63) is 65.7 Å². The zero-order chi connectivity index (χ0) is 18.3. The fourth-order valence-corrected chi connectivity index (χ4v) is 4.02. The number of piperidine rings is 1. The van der Waals surface area contributed by atoms with Crippen molar-refractivity contribution in [2.75, 3.05) is 0 Å². The van der Waals surface area contributed by atoms with E-state index in [2.05, 4.69) is 10.6 Å². The van der Waals surface area contributed by atoms with Crippen LogP contribution in [0.1, 0.15) is 43.4 Å². The smallest absolute Gasteiger partial charge is 0.236 e. The molecule has 4 atom stereocenters. The molecule has 4 unspecified atom stereocenters. The van der Waals surface area contributed by atoms with E-state index in [0.29, 0.717) is 6.42 Å². The fraction of sp³-hybridized carbons (Fsp3) is 0.333. The molecule has 2 aliphatic rings. The maximum absolute atomic E-state index is 13.0. The van der Waals surface area contributed by atoms with Crippen molar-refractivity contribution in [1.29, 1.82) is 0 Å². The Morgan fingerprint density at radius 1 is 1.19 bits per heavy atom. The number of nitrogens with one attached hydrogen (secondary N) is 2. The van der Waals surface area contributed by atoms with E-state index in [0.717, 1.165) is 16.9 Å². The number of ether oxygens (including phenoxy) is 1. The summed E-state index contributed by atoms with van der Waals surface area (Å²) in [6.07, 6.45) is 0.577. The number of amides is 2. The molecule has 2 aromatic carbocycles. The highest BCUT2D eigenvalue weighted by Gasteiger charge is 2.51. The lowest BCUT2D eigenvalue weighted by Gasteiger charge is -2.46. The molecule has 0 aliphatic carbocycles. The summed E-state index contributed by atoms with van der Waals surface area (Å²) in [5.74, 6) is -0.750. The highest BCUT2D eigenvalue weighted by molar-refractivity contribution is 6.02. The van der Waals surface area contributed by atoms with Gasteiger partial charge in [-0.15, -0.1) is 0 Å². The SMILES string of the molecule is CC(NC(=O)C1C(=O)NC2(C)CC1c1ccccc1O2)c1ccccc1. The number of fused-ring (bicyclic) bond motifs is 4. The Hall–Kier alpha value is -2.82. The third-order valence-electron chi connectivity index (χ3n) is 5.28. The number of hydrogen-bond donors (Lipinski definition) is 2. The summed E-state index contributed by atoms with van der Waals surface area (Å²) >= 11 is 0. The number of carbonyl (C=O) groups is 2. The van der Waals surface area contributed by atoms with Crippen LogP contribution < -0.4 is 15.4 Å². The fourth-order valence-electron chi connectivity index (χ4n) is 4.02. The Labute approximate surface area is 152 Å². The second kappa shape index (κ2) is 6.16. The summed E-state index contributed by atoms with van der Waals surface area (Å²) in [5.41, 5.74) is 1.17. The van der Waals surface area contributed by atoms with Gasteiger partial charge in [0, 0.05) is 12.3 Å². The zero-order valence-corrected chi connectivity index (χ0v) is 14.9. The van der Waals surface area contributed by atoms with Crippen LogP contribution in [0.15, 0.2) is 54.6 Å². The van der Waals surface area contributed by atoms with E-state index in [1.165, 1.54) is 0 Å². The molecule has 2 bridgehead atoms. The summed E-state index contributed by atoms with van der Waals surface area (Å²) in [6.45, 7) is 3.78. The Kier molecular flexibility index (Phi) is 3.94. The second-order valence-electron chi connectivity index (χ2n) is 7.29. The van der Waals surface area contributed by atoms with E-state index < -0.39 is 11.6 Å². The summed E-state index contributed by atoms with van der Waals surface area (Å²) in [4.78, 5) is 25.7. The minimum atomic E-state index is -0.766. The molecule has 134 valence electrons. The molecule has 2 heterocycles. The van der Waals surface area contributed by atoms with Gasteiger partial charge in [-0.1, -0.05) is 48.5 Å². The Bertz CT molecular complexity index is 851. The molecule has 2 aliphatic heterocycles. The number of rotatable bonds is 3. The van der Waals surface area contributed by atoms with E-state index in [1.54, 1.807) is 0 Å². The van der Waals surface area contributed by atoms with Crippen LogP contribution in [0.5, 0.6) is 5.75 Å². The molecule has 0 aromatic heterocycles. The Morgan fingerprint density at radius 3 is 2.65 bits per heavy atom. The van der Waals surface area contributed by atoms with E-state index in [1.807, 2.05) is 68.4 Å². The van der Waals surface area contributed by atoms with Crippen LogP contribution in [0, 0.1) is 5.92 Å². The van der Waals surface area contributed by atoms with Crippen molar-refractivity contribution in [3.63, 3.8) is 0 Å². The van der Waals surface area contributed by atoms with Crippen molar-refractivity contribution in [3.8, 4) is 5.75 Å². The first-order valence-electron chi connectivity index (χ1n) is 8.92. The molecule has 2 aromatic rings. The highest BCUT2D eigenvalue weighted by Crippen LogP contribution is 2.46. The molecule has 5 nitrogen and oxygen atoms in total. The topological polar surface area (TPSA) is 67.4 Å². The van der Waals surface area contributed by atoms with Crippen LogP contribution in [-0.4, -0.2) is 17.5 Å². The lowest BCUT2D eigenvalue weighted by molar-refractivity contribution is -0.147. The molecule has 26 heavy (non-hydrogen) atoms. The predicted octanol–water partition coefficient (Wildman–Crippen LogP) is 2.89. The van der Waals surface area contributed by atoms with Gasteiger partial charge < -0.3 is 15.4 Å². The predicted molar refractivity (Wildman–Crippen MR) is 97.5 cm³/mol. The van der Waals surface area contributed by atoms with Gasteiger partial charge in [-0.3, -0.25) is 9.59 Å². The molecule has 0 radical (unpaired) electrons. The molecule has 2 N–H and O–H groups in total. The number of carbonyl (C=O) groups excluding carboxylic acids is 2. The molecule has 1 saturated heterocycles. The zero-order valence-electron chi connectivity index (χ0n) is 14.9. The van der Waals surface area contributed by atoms with Crippen LogP contribution in [0.4, 0.5) is 0 Å². The van der Waals surface area contributed by atoms with Gasteiger partial charge >= 0.3 is 0 Å². The molecular weight excluding hydrogens is 328 g/mol. The van der Waals surface area contributed by atoms with Crippen LogP contribution in [0.2, 0.25) is 0 Å². The van der Waals surface area contributed by atoms with Crippen LogP contribution in [-0.2, 0) is 9.59 Å². The van der Waals surface area contributed by atoms with Gasteiger partial charge in [0.05, 0.1) is 6.04 Å². The molecule has 4 rings (SSSR count). The van der Waals surface area contributed by atoms with E-state index in [4.69, 9.17) is 4.74 Å². The van der Waals surface area contributed by atoms with Crippen molar-refractivity contribution < 1.29 is 14.3 Å².